The third-order valence-electron chi connectivity index (χ3n) is 3.17. The lowest BCUT2D eigenvalue weighted by molar-refractivity contribution is -0.886. The smallest absolute Gasteiger partial charge is 0.293 e. The maximum atomic E-state index is 12.0. The molecule has 2 rings (SSSR count). The fourth-order valence-electron chi connectivity index (χ4n) is 2.10. The molecule has 1 unspecified atom stereocenters. The molecule has 1 atom stereocenters. The number of likely N-dealkylation sites (N-methyl/N-ethyl adjacent to an activating group) is 1. The molecule has 0 spiro atoms. The zero-order valence-corrected chi connectivity index (χ0v) is 14.6. The van der Waals surface area contributed by atoms with Crippen molar-refractivity contribution in [2.45, 2.75) is 13.5 Å². The number of halogens is 1. The molecule has 1 aromatic carbocycles. The van der Waals surface area contributed by atoms with Crippen LogP contribution >= 0.6 is 15.9 Å². The third-order valence-corrected chi connectivity index (χ3v) is 3.86. The van der Waals surface area contributed by atoms with Crippen molar-refractivity contribution in [3.05, 3.63) is 58.0 Å². The number of rotatable bonds is 5. The largest absolute Gasteiger partial charge is 0.460 e. The molecule has 0 bridgehead atoms. The number of hydrogen-bond donors (Lipinski definition) is 3. The highest BCUT2D eigenvalue weighted by atomic mass is 79.9. The lowest BCUT2D eigenvalue weighted by atomic mass is 10.2. The summed E-state index contributed by atoms with van der Waals surface area (Å²) in [6, 6.07) is 10.8. The van der Waals surface area contributed by atoms with Gasteiger partial charge >= 0.3 is 0 Å². The van der Waals surface area contributed by atoms with Gasteiger partial charge in [-0.25, -0.2) is 0 Å². The van der Waals surface area contributed by atoms with E-state index in [4.69, 9.17) is 4.42 Å². The second kappa shape index (κ2) is 7.94. The van der Waals surface area contributed by atoms with Gasteiger partial charge in [-0.2, -0.15) is 0 Å². The van der Waals surface area contributed by atoms with Crippen LogP contribution in [0.15, 0.2) is 45.3 Å². The maximum Gasteiger partial charge on any atom is 0.293 e. The highest BCUT2D eigenvalue weighted by molar-refractivity contribution is 9.10. The summed E-state index contributed by atoms with van der Waals surface area (Å²) in [6.07, 6.45) is 0. The van der Waals surface area contributed by atoms with E-state index in [0.29, 0.717) is 16.6 Å². The monoisotopic (exact) mass is 380 g/mol. The minimum atomic E-state index is -0.370. The van der Waals surface area contributed by atoms with Crippen LogP contribution in [0.2, 0.25) is 0 Å². The Morgan fingerprint density at radius 2 is 1.91 bits per heavy atom. The van der Waals surface area contributed by atoms with Crippen molar-refractivity contribution in [3.63, 3.8) is 0 Å². The standard InChI is InChI=1S/C16H18BrN3O3/c1-11-7-8-12(23-11)9-20(2)10-15(21)18-19-16(22)13-5-3-4-6-14(13)17/h3-8H,9-10H2,1-2H3,(H,18,21)(H,19,22)/p+1. The molecule has 2 aromatic rings. The summed E-state index contributed by atoms with van der Waals surface area (Å²) in [4.78, 5) is 24.8. The molecule has 23 heavy (non-hydrogen) atoms. The lowest BCUT2D eigenvalue weighted by Gasteiger charge is -2.13. The molecule has 0 saturated heterocycles. The molecule has 0 aliphatic rings. The van der Waals surface area contributed by atoms with Gasteiger partial charge in [0.15, 0.2) is 12.3 Å². The fraction of sp³-hybridized carbons (Fsp3) is 0.250. The lowest BCUT2D eigenvalue weighted by Crippen LogP contribution is -3.09. The fourth-order valence-corrected chi connectivity index (χ4v) is 2.56. The second-order valence-electron chi connectivity index (χ2n) is 5.31. The summed E-state index contributed by atoms with van der Waals surface area (Å²) in [5, 5.41) is 0. The van der Waals surface area contributed by atoms with E-state index in [1.807, 2.05) is 32.2 Å². The minimum absolute atomic E-state index is 0.218. The summed E-state index contributed by atoms with van der Waals surface area (Å²) in [7, 11) is 1.88. The average Bonchev–Trinajstić information content (AvgIpc) is 2.90. The van der Waals surface area contributed by atoms with Crippen LogP contribution in [0, 0.1) is 6.92 Å². The summed E-state index contributed by atoms with van der Waals surface area (Å²) in [6.45, 7) is 2.69. The van der Waals surface area contributed by atoms with E-state index in [1.165, 1.54) is 0 Å². The zero-order valence-electron chi connectivity index (χ0n) is 13.0. The first-order chi connectivity index (χ1) is 11.0. The van der Waals surface area contributed by atoms with Crippen molar-refractivity contribution in [2.24, 2.45) is 0 Å². The number of quaternary nitrogens is 1. The molecule has 0 aliphatic carbocycles. The topological polar surface area (TPSA) is 75.8 Å². The van der Waals surface area contributed by atoms with Crippen LogP contribution in [-0.2, 0) is 11.3 Å². The molecular formula is C16H19BrN3O3+. The van der Waals surface area contributed by atoms with Crippen molar-refractivity contribution in [3.8, 4) is 0 Å². The number of amides is 2. The van der Waals surface area contributed by atoms with Crippen LogP contribution in [0.1, 0.15) is 21.9 Å². The quantitative estimate of drug-likeness (QED) is 0.672. The molecule has 0 saturated carbocycles. The van der Waals surface area contributed by atoms with Crippen molar-refractivity contribution in [1.82, 2.24) is 10.9 Å². The van der Waals surface area contributed by atoms with Gasteiger partial charge in [0.2, 0.25) is 0 Å². The van der Waals surface area contributed by atoms with Gasteiger partial charge in [0.25, 0.3) is 11.8 Å². The number of carbonyl (C=O) groups excluding carboxylic acids is 2. The van der Waals surface area contributed by atoms with Gasteiger partial charge < -0.3 is 9.32 Å². The Bertz CT molecular complexity index is 699. The number of aryl methyl sites for hydroxylation is 1. The molecule has 0 aliphatic heterocycles. The maximum absolute atomic E-state index is 12.0. The molecule has 6 nitrogen and oxygen atoms in total. The third kappa shape index (κ3) is 5.22. The molecule has 0 radical (unpaired) electrons. The van der Waals surface area contributed by atoms with E-state index in [1.54, 1.807) is 18.2 Å². The van der Waals surface area contributed by atoms with Gasteiger partial charge in [-0.15, -0.1) is 0 Å². The van der Waals surface area contributed by atoms with Gasteiger partial charge in [0.05, 0.1) is 12.6 Å². The molecular weight excluding hydrogens is 362 g/mol. The van der Waals surface area contributed by atoms with Crippen molar-refractivity contribution in [1.29, 1.82) is 0 Å². The highest BCUT2D eigenvalue weighted by Crippen LogP contribution is 2.15. The summed E-state index contributed by atoms with van der Waals surface area (Å²) in [5.41, 5.74) is 5.28. The Morgan fingerprint density at radius 1 is 1.17 bits per heavy atom. The van der Waals surface area contributed by atoms with E-state index in [9.17, 15) is 9.59 Å². The first kappa shape index (κ1) is 17.2. The number of hydrazine groups is 1. The number of nitrogens with one attached hydrogen (secondary N) is 3. The van der Waals surface area contributed by atoms with E-state index < -0.39 is 0 Å². The number of hydrogen-bond acceptors (Lipinski definition) is 3. The Morgan fingerprint density at radius 3 is 2.57 bits per heavy atom. The predicted octanol–water partition coefficient (Wildman–Crippen LogP) is 0.826. The van der Waals surface area contributed by atoms with Crippen LogP contribution in [0.3, 0.4) is 0 Å². The minimum Gasteiger partial charge on any atom is -0.460 e. The molecule has 0 fully saturated rings. The Hall–Kier alpha value is -2.12. The van der Waals surface area contributed by atoms with Crippen molar-refractivity contribution in [2.75, 3.05) is 13.6 Å². The molecule has 1 aromatic heterocycles. The summed E-state index contributed by atoms with van der Waals surface area (Å²) < 4.78 is 6.15. The van der Waals surface area contributed by atoms with E-state index in [2.05, 4.69) is 26.8 Å². The number of carbonyl (C=O) groups is 2. The van der Waals surface area contributed by atoms with E-state index in [0.717, 1.165) is 16.4 Å². The average molecular weight is 381 g/mol. The van der Waals surface area contributed by atoms with Crippen molar-refractivity contribution >= 4 is 27.7 Å². The summed E-state index contributed by atoms with van der Waals surface area (Å²) in [5.74, 6) is 1.03. The highest BCUT2D eigenvalue weighted by Gasteiger charge is 2.14. The van der Waals surface area contributed by atoms with Gasteiger partial charge in [-0.3, -0.25) is 20.4 Å². The van der Waals surface area contributed by atoms with Crippen LogP contribution < -0.4 is 15.8 Å². The van der Waals surface area contributed by atoms with Gasteiger partial charge in [-0.05, 0) is 47.1 Å². The number of furan rings is 1. The van der Waals surface area contributed by atoms with Gasteiger partial charge in [-0.1, -0.05) is 12.1 Å². The van der Waals surface area contributed by atoms with Crippen molar-refractivity contribution < 1.29 is 18.9 Å². The SMILES string of the molecule is Cc1ccc(C[NH+](C)CC(=O)NNC(=O)c2ccccc2Br)o1. The van der Waals surface area contributed by atoms with E-state index in [-0.39, 0.29) is 18.4 Å². The molecule has 122 valence electrons. The van der Waals surface area contributed by atoms with Crippen LogP contribution in [0.4, 0.5) is 0 Å². The molecule has 7 heteroatoms. The molecule has 3 N–H and O–H groups in total. The Labute approximate surface area is 142 Å². The molecule has 2 amide bonds. The van der Waals surface area contributed by atoms with Crippen LogP contribution in [0.25, 0.3) is 0 Å². The Balaban J connectivity index is 1.78. The summed E-state index contributed by atoms with van der Waals surface area (Å²) >= 11 is 3.30. The predicted molar refractivity (Wildman–Crippen MR) is 88.7 cm³/mol. The Kier molecular flexibility index (Phi) is 5.95. The van der Waals surface area contributed by atoms with Gasteiger partial charge in [0.1, 0.15) is 12.3 Å². The second-order valence-corrected chi connectivity index (χ2v) is 6.16. The number of benzene rings is 1. The van der Waals surface area contributed by atoms with E-state index >= 15 is 0 Å². The zero-order chi connectivity index (χ0) is 16.8. The molecule has 1 heterocycles. The van der Waals surface area contributed by atoms with Crippen LogP contribution in [0.5, 0.6) is 0 Å². The normalized spacial score (nSPS) is 11.8. The van der Waals surface area contributed by atoms with Gasteiger partial charge in [0, 0.05) is 4.47 Å². The van der Waals surface area contributed by atoms with Crippen LogP contribution in [-0.4, -0.2) is 25.4 Å². The first-order valence-electron chi connectivity index (χ1n) is 7.16. The first-order valence-corrected chi connectivity index (χ1v) is 7.95.